The molecule has 0 saturated carbocycles. The first kappa shape index (κ1) is 15.0. The fraction of sp³-hybridized carbons (Fsp3) is 0.923. The first-order chi connectivity index (χ1) is 7.22. The molecule has 0 aromatic heterocycles. The molecule has 0 heterocycles. The molecule has 0 aliphatic rings. The van der Waals surface area contributed by atoms with E-state index in [0.717, 1.165) is 12.2 Å². The van der Waals surface area contributed by atoms with Crippen LogP contribution < -0.4 is 0 Å². The van der Waals surface area contributed by atoms with Crippen molar-refractivity contribution in [2.24, 2.45) is 5.92 Å². The second-order valence-electron chi connectivity index (χ2n) is 4.21. The number of carbonyl (C=O) groups is 1. The van der Waals surface area contributed by atoms with Crippen molar-refractivity contribution in [3.8, 4) is 0 Å². The Bertz CT molecular complexity index is 157. The molecule has 0 aromatic carbocycles. The average molecular weight is 230 g/mol. The summed E-state index contributed by atoms with van der Waals surface area (Å²) in [6.45, 7) is 6.35. The normalized spacial score (nSPS) is 12.7. The predicted octanol–water partition coefficient (Wildman–Crippen LogP) is 4.65. The van der Waals surface area contributed by atoms with Gasteiger partial charge in [0.25, 0.3) is 0 Å². The highest BCUT2D eigenvalue weighted by atomic mass is 32.2. The monoisotopic (exact) mass is 230 g/mol. The summed E-state index contributed by atoms with van der Waals surface area (Å²) in [4.78, 5) is 11.5. The van der Waals surface area contributed by atoms with E-state index >= 15 is 0 Å². The summed E-state index contributed by atoms with van der Waals surface area (Å²) in [5.74, 6) is 1.18. The van der Waals surface area contributed by atoms with E-state index in [4.69, 9.17) is 0 Å². The number of hydrogen-bond donors (Lipinski definition) is 0. The van der Waals surface area contributed by atoms with Gasteiger partial charge in [-0.2, -0.15) is 0 Å². The Hall–Kier alpha value is 0.0200. The fourth-order valence-corrected chi connectivity index (χ4v) is 2.32. The second kappa shape index (κ2) is 10.5. The molecule has 0 saturated heterocycles. The van der Waals surface area contributed by atoms with Gasteiger partial charge < -0.3 is 0 Å². The van der Waals surface area contributed by atoms with E-state index in [-0.39, 0.29) is 5.92 Å². The van der Waals surface area contributed by atoms with Crippen LogP contribution in [-0.4, -0.2) is 10.9 Å². The standard InChI is InChI=1S/C13H26OS/c1-4-6-7-8-9-10-11-12(3)13(14)15-5-2/h12H,4-11H2,1-3H3/t12-/m0/s1. The highest BCUT2D eigenvalue weighted by Crippen LogP contribution is 2.17. The van der Waals surface area contributed by atoms with E-state index in [1.807, 2.05) is 6.92 Å². The van der Waals surface area contributed by atoms with Crippen molar-refractivity contribution in [2.75, 3.05) is 5.75 Å². The zero-order chi connectivity index (χ0) is 11.5. The van der Waals surface area contributed by atoms with E-state index in [1.54, 1.807) is 0 Å². The summed E-state index contributed by atoms with van der Waals surface area (Å²) in [7, 11) is 0. The predicted molar refractivity (Wildman–Crippen MR) is 70.3 cm³/mol. The minimum absolute atomic E-state index is 0.265. The Labute approximate surface area is 99.4 Å². The molecule has 0 spiro atoms. The summed E-state index contributed by atoms with van der Waals surface area (Å²) >= 11 is 1.47. The number of unbranched alkanes of at least 4 members (excludes halogenated alkanes) is 5. The van der Waals surface area contributed by atoms with Crippen LogP contribution in [0.25, 0.3) is 0 Å². The summed E-state index contributed by atoms with van der Waals surface area (Å²) in [5, 5.41) is 0.381. The zero-order valence-corrected chi connectivity index (χ0v) is 11.4. The van der Waals surface area contributed by atoms with Gasteiger partial charge in [-0.25, -0.2) is 0 Å². The summed E-state index contributed by atoms with van der Waals surface area (Å²) < 4.78 is 0. The average Bonchev–Trinajstić information content (AvgIpc) is 2.23. The van der Waals surface area contributed by atoms with Crippen LogP contribution in [0.1, 0.15) is 65.7 Å². The van der Waals surface area contributed by atoms with E-state index in [2.05, 4.69) is 13.8 Å². The van der Waals surface area contributed by atoms with Gasteiger partial charge in [0.15, 0.2) is 5.12 Å². The van der Waals surface area contributed by atoms with Gasteiger partial charge in [-0.15, -0.1) is 0 Å². The molecule has 0 amide bonds. The summed E-state index contributed by atoms with van der Waals surface area (Å²) in [6.07, 6.45) is 8.98. The van der Waals surface area contributed by atoms with Crippen LogP contribution >= 0.6 is 11.8 Å². The molecular formula is C13H26OS. The number of hydrogen-bond acceptors (Lipinski definition) is 2. The van der Waals surface area contributed by atoms with Gasteiger partial charge in [0.05, 0.1) is 0 Å². The van der Waals surface area contributed by atoms with Gasteiger partial charge in [0.2, 0.25) is 0 Å². The largest absolute Gasteiger partial charge is 0.287 e. The Morgan fingerprint density at radius 1 is 1.07 bits per heavy atom. The lowest BCUT2D eigenvalue weighted by atomic mass is 10.0. The Morgan fingerprint density at radius 2 is 1.67 bits per heavy atom. The summed E-state index contributed by atoms with van der Waals surface area (Å²) in [6, 6.07) is 0. The smallest absolute Gasteiger partial charge is 0.191 e. The van der Waals surface area contributed by atoms with Crippen LogP contribution in [0.4, 0.5) is 0 Å². The lowest BCUT2D eigenvalue weighted by Gasteiger charge is -2.08. The third kappa shape index (κ3) is 8.98. The number of thioether (sulfide) groups is 1. The van der Waals surface area contributed by atoms with Crippen molar-refractivity contribution in [3.05, 3.63) is 0 Å². The third-order valence-electron chi connectivity index (χ3n) is 2.68. The maximum absolute atomic E-state index is 11.5. The molecular weight excluding hydrogens is 204 g/mol. The van der Waals surface area contributed by atoms with E-state index in [1.165, 1.54) is 50.3 Å². The van der Waals surface area contributed by atoms with Crippen LogP contribution in [0.3, 0.4) is 0 Å². The lowest BCUT2D eigenvalue weighted by molar-refractivity contribution is -0.114. The second-order valence-corrected chi connectivity index (χ2v) is 5.48. The third-order valence-corrected chi connectivity index (χ3v) is 3.66. The molecule has 2 heteroatoms. The lowest BCUT2D eigenvalue weighted by Crippen LogP contribution is -2.06. The van der Waals surface area contributed by atoms with Crippen molar-refractivity contribution in [1.29, 1.82) is 0 Å². The highest BCUT2D eigenvalue weighted by molar-refractivity contribution is 8.13. The van der Waals surface area contributed by atoms with E-state index < -0.39 is 0 Å². The molecule has 1 atom stereocenters. The fourth-order valence-electron chi connectivity index (χ4n) is 1.63. The molecule has 0 fully saturated rings. The molecule has 0 bridgehead atoms. The van der Waals surface area contributed by atoms with Gasteiger partial charge in [-0.1, -0.05) is 71.1 Å². The molecule has 0 aliphatic carbocycles. The molecule has 0 unspecified atom stereocenters. The number of carbonyl (C=O) groups excluding carboxylic acids is 1. The van der Waals surface area contributed by atoms with Crippen LogP contribution in [0.5, 0.6) is 0 Å². The molecule has 1 nitrogen and oxygen atoms in total. The van der Waals surface area contributed by atoms with Crippen LogP contribution in [0.15, 0.2) is 0 Å². The topological polar surface area (TPSA) is 17.1 Å². The van der Waals surface area contributed by atoms with E-state index in [9.17, 15) is 4.79 Å². The maximum atomic E-state index is 11.5. The Morgan fingerprint density at radius 3 is 2.27 bits per heavy atom. The van der Waals surface area contributed by atoms with Gasteiger partial charge in [0, 0.05) is 5.92 Å². The van der Waals surface area contributed by atoms with Crippen LogP contribution in [-0.2, 0) is 4.79 Å². The molecule has 90 valence electrons. The van der Waals surface area contributed by atoms with E-state index in [0.29, 0.717) is 5.12 Å². The minimum atomic E-state index is 0.265. The SMILES string of the molecule is CCCCCCCC[C@H](C)C(=O)SCC. The van der Waals surface area contributed by atoms with Crippen molar-refractivity contribution in [1.82, 2.24) is 0 Å². The molecule has 15 heavy (non-hydrogen) atoms. The Balaban J connectivity index is 3.30. The minimum Gasteiger partial charge on any atom is -0.287 e. The Kier molecular flexibility index (Phi) is 10.5. The molecule has 0 N–H and O–H groups in total. The molecule has 0 radical (unpaired) electrons. The van der Waals surface area contributed by atoms with Gasteiger partial charge >= 0.3 is 0 Å². The molecule has 0 aromatic rings. The van der Waals surface area contributed by atoms with Crippen LogP contribution in [0, 0.1) is 5.92 Å². The zero-order valence-electron chi connectivity index (χ0n) is 10.6. The van der Waals surface area contributed by atoms with Gasteiger partial charge in [0.1, 0.15) is 0 Å². The first-order valence-corrected chi connectivity index (χ1v) is 7.37. The maximum Gasteiger partial charge on any atom is 0.191 e. The molecule has 0 rings (SSSR count). The quantitative estimate of drug-likeness (QED) is 0.536. The van der Waals surface area contributed by atoms with Crippen molar-refractivity contribution in [2.45, 2.75) is 65.7 Å². The summed E-state index contributed by atoms with van der Waals surface area (Å²) in [5.41, 5.74) is 0. The van der Waals surface area contributed by atoms with Gasteiger partial charge in [-0.3, -0.25) is 4.79 Å². The highest BCUT2D eigenvalue weighted by Gasteiger charge is 2.11. The number of rotatable bonds is 9. The van der Waals surface area contributed by atoms with Crippen molar-refractivity contribution < 1.29 is 4.79 Å². The van der Waals surface area contributed by atoms with Crippen LogP contribution in [0.2, 0.25) is 0 Å². The van der Waals surface area contributed by atoms with Gasteiger partial charge in [-0.05, 0) is 12.2 Å². The van der Waals surface area contributed by atoms with Crippen molar-refractivity contribution >= 4 is 16.9 Å². The first-order valence-electron chi connectivity index (χ1n) is 6.39. The van der Waals surface area contributed by atoms with Crippen molar-refractivity contribution in [3.63, 3.8) is 0 Å². The molecule has 0 aliphatic heterocycles.